The number of aliphatic hydroxyl groups is 1. The van der Waals surface area contributed by atoms with E-state index in [1.54, 1.807) is 0 Å². The first-order chi connectivity index (χ1) is 11.1. The lowest BCUT2D eigenvalue weighted by Gasteiger charge is -2.29. The zero-order chi connectivity index (χ0) is 16.2. The smallest absolute Gasteiger partial charge is 0.128 e. The van der Waals surface area contributed by atoms with Gasteiger partial charge in [0, 0.05) is 24.7 Å². The monoisotopic (exact) mass is 324 g/mol. The Balaban J connectivity index is 1.59. The number of nitrogens with zero attached hydrogens (tertiary/aromatic N) is 2. The van der Waals surface area contributed by atoms with Crippen molar-refractivity contribution in [2.45, 2.75) is 44.2 Å². The molecule has 23 heavy (non-hydrogen) atoms. The first kappa shape index (κ1) is 16.8. The summed E-state index contributed by atoms with van der Waals surface area (Å²) in [6.07, 6.45) is 4.90. The van der Waals surface area contributed by atoms with Crippen LogP contribution in [0.2, 0.25) is 0 Å². The number of piperidine rings is 1. The van der Waals surface area contributed by atoms with Crippen LogP contribution in [0.3, 0.4) is 0 Å². The van der Waals surface area contributed by atoms with Gasteiger partial charge in [-0.1, -0.05) is 6.42 Å². The molecule has 2 aliphatic rings. The van der Waals surface area contributed by atoms with Gasteiger partial charge in [0.25, 0.3) is 0 Å². The van der Waals surface area contributed by atoms with Crippen LogP contribution in [0.4, 0.5) is 8.78 Å². The molecule has 5 heteroatoms. The van der Waals surface area contributed by atoms with Gasteiger partial charge < -0.3 is 10.0 Å². The van der Waals surface area contributed by atoms with Crippen LogP contribution < -0.4 is 0 Å². The lowest BCUT2D eigenvalue weighted by atomic mass is 10.0. The third-order valence-electron chi connectivity index (χ3n) is 5.07. The Bertz CT molecular complexity index is 520. The maximum Gasteiger partial charge on any atom is 0.128 e. The van der Waals surface area contributed by atoms with Crippen LogP contribution in [0.25, 0.3) is 0 Å². The fourth-order valence-electron chi connectivity index (χ4n) is 3.90. The van der Waals surface area contributed by atoms with E-state index in [9.17, 15) is 13.9 Å². The highest BCUT2D eigenvalue weighted by atomic mass is 19.1. The predicted molar refractivity (Wildman–Crippen MR) is 86.2 cm³/mol. The van der Waals surface area contributed by atoms with Crippen molar-refractivity contribution in [2.75, 3.05) is 32.7 Å². The summed E-state index contributed by atoms with van der Waals surface area (Å²) in [5.74, 6) is -0.803. The second-order valence-corrected chi connectivity index (χ2v) is 6.82. The molecule has 3 rings (SSSR count). The van der Waals surface area contributed by atoms with Crippen molar-refractivity contribution in [3.05, 3.63) is 35.4 Å². The third kappa shape index (κ3) is 4.28. The molecular formula is C18H26F2N2O. The Morgan fingerprint density at radius 2 is 1.87 bits per heavy atom. The molecule has 2 aliphatic heterocycles. The summed E-state index contributed by atoms with van der Waals surface area (Å²) < 4.78 is 27.5. The van der Waals surface area contributed by atoms with E-state index in [1.807, 2.05) is 0 Å². The van der Waals surface area contributed by atoms with Crippen molar-refractivity contribution in [1.82, 2.24) is 9.80 Å². The summed E-state index contributed by atoms with van der Waals surface area (Å²) >= 11 is 0. The zero-order valence-electron chi connectivity index (χ0n) is 13.6. The highest BCUT2D eigenvalue weighted by molar-refractivity contribution is 5.23. The number of halogens is 2. The van der Waals surface area contributed by atoms with E-state index < -0.39 is 11.9 Å². The minimum atomic E-state index is -0.461. The highest BCUT2D eigenvalue weighted by Gasteiger charge is 2.33. The summed E-state index contributed by atoms with van der Waals surface area (Å²) in [5, 5.41) is 9.97. The molecule has 0 radical (unpaired) electrons. The lowest BCUT2D eigenvalue weighted by molar-refractivity contribution is 0.166. The van der Waals surface area contributed by atoms with Gasteiger partial charge in [-0.15, -0.1) is 0 Å². The van der Waals surface area contributed by atoms with Crippen LogP contribution >= 0.6 is 0 Å². The number of likely N-dealkylation sites (tertiary alicyclic amines) is 2. The molecular weight excluding hydrogens is 298 g/mol. The number of aliphatic hydroxyl groups excluding tert-OH is 1. The molecule has 0 bridgehead atoms. The number of hydrogen-bond acceptors (Lipinski definition) is 3. The standard InChI is InChI=1S/C18H26F2N2O/c19-14-5-6-17(20)16(11-14)18-12-15(23)13-22(18)10-4-9-21-7-2-1-3-8-21/h5-6,11,15,18,23H,1-4,7-10,12-13H2/t15-,18-/m1/s1. The summed E-state index contributed by atoms with van der Waals surface area (Å²) in [5.41, 5.74) is 0.375. The molecule has 1 aromatic carbocycles. The molecule has 0 unspecified atom stereocenters. The van der Waals surface area contributed by atoms with Gasteiger partial charge in [-0.05, 0) is 63.5 Å². The number of hydrogen-bond donors (Lipinski definition) is 1. The summed E-state index contributed by atoms with van der Waals surface area (Å²) in [7, 11) is 0. The topological polar surface area (TPSA) is 26.7 Å². The second-order valence-electron chi connectivity index (χ2n) is 6.82. The molecule has 0 saturated carbocycles. The van der Waals surface area contributed by atoms with Gasteiger partial charge in [-0.3, -0.25) is 4.90 Å². The van der Waals surface area contributed by atoms with Crippen molar-refractivity contribution >= 4 is 0 Å². The highest BCUT2D eigenvalue weighted by Crippen LogP contribution is 2.34. The van der Waals surface area contributed by atoms with E-state index in [0.29, 0.717) is 18.5 Å². The Kier molecular flexibility index (Phi) is 5.62. The molecule has 2 saturated heterocycles. The predicted octanol–water partition coefficient (Wildman–Crippen LogP) is 2.95. The average Bonchev–Trinajstić information content (AvgIpc) is 2.91. The Morgan fingerprint density at radius 1 is 1.09 bits per heavy atom. The van der Waals surface area contributed by atoms with Gasteiger partial charge in [0.1, 0.15) is 11.6 Å². The fourth-order valence-corrected chi connectivity index (χ4v) is 3.90. The van der Waals surface area contributed by atoms with Crippen LogP contribution in [0, 0.1) is 11.6 Å². The van der Waals surface area contributed by atoms with Crippen molar-refractivity contribution in [3.8, 4) is 0 Å². The molecule has 3 nitrogen and oxygen atoms in total. The SMILES string of the molecule is O[C@@H]1C[C@H](c2cc(F)ccc2F)N(CCCN2CCCCC2)C1. The molecule has 1 N–H and O–H groups in total. The van der Waals surface area contributed by atoms with E-state index in [1.165, 1.54) is 44.5 Å². The van der Waals surface area contributed by atoms with Gasteiger partial charge >= 0.3 is 0 Å². The van der Waals surface area contributed by atoms with Crippen LogP contribution in [-0.2, 0) is 0 Å². The summed E-state index contributed by atoms with van der Waals surface area (Å²) in [6.45, 7) is 4.74. The van der Waals surface area contributed by atoms with Gasteiger partial charge in [-0.25, -0.2) is 8.78 Å². The zero-order valence-corrected chi connectivity index (χ0v) is 13.6. The normalized spacial score (nSPS) is 26.7. The van der Waals surface area contributed by atoms with Crippen LogP contribution in [0.5, 0.6) is 0 Å². The van der Waals surface area contributed by atoms with Gasteiger partial charge in [0.2, 0.25) is 0 Å². The molecule has 0 aromatic heterocycles. The van der Waals surface area contributed by atoms with Gasteiger partial charge in [0.15, 0.2) is 0 Å². The Labute approximate surface area is 136 Å². The van der Waals surface area contributed by atoms with Gasteiger partial charge in [0.05, 0.1) is 6.10 Å². The number of rotatable bonds is 5. The number of β-amino-alcohol motifs (C(OH)–C–C–N with tert-alkyl or cyclic N) is 1. The van der Waals surface area contributed by atoms with E-state index in [4.69, 9.17) is 0 Å². The summed E-state index contributed by atoms with van der Waals surface area (Å²) in [6, 6.07) is 3.38. The fraction of sp³-hybridized carbons (Fsp3) is 0.667. The molecule has 0 amide bonds. The molecule has 1 aromatic rings. The average molecular weight is 324 g/mol. The molecule has 2 atom stereocenters. The van der Waals surface area contributed by atoms with E-state index in [2.05, 4.69) is 9.80 Å². The Morgan fingerprint density at radius 3 is 2.65 bits per heavy atom. The molecule has 2 heterocycles. The molecule has 128 valence electrons. The number of benzene rings is 1. The minimum Gasteiger partial charge on any atom is -0.392 e. The van der Waals surface area contributed by atoms with E-state index in [-0.39, 0.29) is 11.9 Å². The van der Waals surface area contributed by atoms with E-state index in [0.717, 1.165) is 25.6 Å². The molecule has 0 spiro atoms. The van der Waals surface area contributed by atoms with Crippen molar-refractivity contribution in [3.63, 3.8) is 0 Å². The second kappa shape index (κ2) is 7.69. The first-order valence-corrected chi connectivity index (χ1v) is 8.73. The molecule has 2 fully saturated rings. The lowest BCUT2D eigenvalue weighted by Crippen LogP contribution is -2.33. The maximum atomic E-state index is 14.1. The Hall–Kier alpha value is -1.04. The van der Waals surface area contributed by atoms with Crippen LogP contribution in [0.15, 0.2) is 18.2 Å². The largest absolute Gasteiger partial charge is 0.392 e. The minimum absolute atomic E-state index is 0.220. The van der Waals surface area contributed by atoms with E-state index >= 15 is 0 Å². The van der Waals surface area contributed by atoms with Crippen molar-refractivity contribution in [1.29, 1.82) is 0 Å². The van der Waals surface area contributed by atoms with Gasteiger partial charge in [-0.2, -0.15) is 0 Å². The van der Waals surface area contributed by atoms with Crippen molar-refractivity contribution < 1.29 is 13.9 Å². The summed E-state index contributed by atoms with van der Waals surface area (Å²) in [4.78, 5) is 4.58. The van der Waals surface area contributed by atoms with Crippen molar-refractivity contribution in [2.24, 2.45) is 0 Å². The maximum absolute atomic E-state index is 14.1. The molecule has 0 aliphatic carbocycles. The van der Waals surface area contributed by atoms with Crippen LogP contribution in [0.1, 0.15) is 43.7 Å². The quantitative estimate of drug-likeness (QED) is 0.902. The first-order valence-electron chi connectivity index (χ1n) is 8.73. The third-order valence-corrected chi connectivity index (χ3v) is 5.07. The van der Waals surface area contributed by atoms with Crippen LogP contribution in [-0.4, -0.2) is 53.7 Å².